The van der Waals surface area contributed by atoms with Gasteiger partial charge in [-0.1, -0.05) is 0 Å². The minimum absolute atomic E-state index is 0.0661. The van der Waals surface area contributed by atoms with Crippen molar-refractivity contribution in [2.75, 3.05) is 24.6 Å². The molecule has 2 N–H and O–H groups in total. The topological polar surface area (TPSA) is 105 Å². The standard InChI is InChI=1S/C13H16N4O3/c1-9(15)13-8-16(4-5-20-13)11-2-3-12(17(18)19)10(6-11)7-14/h2-3,6,9,13H,4-5,8,15H2,1H3. The molecule has 20 heavy (non-hydrogen) atoms. The van der Waals surface area contributed by atoms with Crippen molar-refractivity contribution in [3.8, 4) is 6.07 Å². The van der Waals surface area contributed by atoms with E-state index in [1.807, 2.05) is 17.9 Å². The molecule has 106 valence electrons. The molecule has 1 aromatic rings. The third kappa shape index (κ3) is 2.87. The number of ether oxygens (including phenoxy) is 1. The number of benzene rings is 1. The molecule has 1 aliphatic heterocycles. The van der Waals surface area contributed by atoms with Gasteiger partial charge in [0, 0.05) is 30.9 Å². The average molecular weight is 276 g/mol. The van der Waals surface area contributed by atoms with Gasteiger partial charge in [-0.2, -0.15) is 5.26 Å². The molecule has 0 saturated carbocycles. The van der Waals surface area contributed by atoms with Crippen LogP contribution in [-0.2, 0) is 4.74 Å². The second-order valence-corrected chi connectivity index (χ2v) is 4.78. The highest BCUT2D eigenvalue weighted by Crippen LogP contribution is 2.26. The number of nitrogens with zero attached hydrogens (tertiary/aromatic N) is 3. The van der Waals surface area contributed by atoms with Crippen LogP contribution in [0.15, 0.2) is 18.2 Å². The van der Waals surface area contributed by atoms with Gasteiger partial charge in [0.1, 0.15) is 11.6 Å². The Morgan fingerprint density at radius 1 is 1.65 bits per heavy atom. The molecule has 0 radical (unpaired) electrons. The van der Waals surface area contributed by atoms with E-state index in [4.69, 9.17) is 15.7 Å². The first-order valence-corrected chi connectivity index (χ1v) is 6.33. The van der Waals surface area contributed by atoms with Crippen LogP contribution in [0.25, 0.3) is 0 Å². The van der Waals surface area contributed by atoms with Crippen LogP contribution < -0.4 is 10.6 Å². The largest absolute Gasteiger partial charge is 0.373 e. The molecule has 0 aliphatic carbocycles. The van der Waals surface area contributed by atoms with E-state index in [0.717, 1.165) is 5.69 Å². The van der Waals surface area contributed by atoms with E-state index in [2.05, 4.69) is 0 Å². The van der Waals surface area contributed by atoms with Crippen molar-refractivity contribution in [3.63, 3.8) is 0 Å². The van der Waals surface area contributed by atoms with Crippen LogP contribution in [0.5, 0.6) is 0 Å². The maximum atomic E-state index is 10.8. The fraction of sp³-hybridized carbons (Fsp3) is 0.462. The Kier molecular flexibility index (Phi) is 4.17. The van der Waals surface area contributed by atoms with Gasteiger partial charge in [-0.15, -0.1) is 0 Å². The van der Waals surface area contributed by atoms with Crippen molar-refractivity contribution < 1.29 is 9.66 Å². The smallest absolute Gasteiger partial charge is 0.287 e. The minimum atomic E-state index is -0.549. The molecule has 0 spiro atoms. The molecular weight excluding hydrogens is 260 g/mol. The normalized spacial score (nSPS) is 20.2. The van der Waals surface area contributed by atoms with Gasteiger partial charge < -0.3 is 15.4 Å². The van der Waals surface area contributed by atoms with Crippen molar-refractivity contribution in [3.05, 3.63) is 33.9 Å². The molecule has 7 nitrogen and oxygen atoms in total. The number of morpholine rings is 1. The Morgan fingerprint density at radius 2 is 2.40 bits per heavy atom. The molecule has 0 bridgehead atoms. The number of nitrogens with two attached hydrogens (primary N) is 1. The van der Waals surface area contributed by atoms with E-state index in [9.17, 15) is 10.1 Å². The number of nitro benzene ring substituents is 1. The first kappa shape index (κ1) is 14.2. The van der Waals surface area contributed by atoms with E-state index in [-0.39, 0.29) is 23.4 Å². The summed E-state index contributed by atoms with van der Waals surface area (Å²) in [7, 11) is 0. The molecule has 2 unspecified atom stereocenters. The second kappa shape index (κ2) is 5.86. The van der Waals surface area contributed by atoms with Gasteiger partial charge in [0.15, 0.2) is 0 Å². The third-order valence-electron chi connectivity index (χ3n) is 3.34. The summed E-state index contributed by atoms with van der Waals surface area (Å²) in [6, 6.07) is 6.34. The first-order chi connectivity index (χ1) is 9.52. The fourth-order valence-corrected chi connectivity index (χ4v) is 2.20. The number of nitriles is 1. The quantitative estimate of drug-likeness (QED) is 0.652. The van der Waals surface area contributed by atoms with Crippen molar-refractivity contribution in [2.45, 2.75) is 19.1 Å². The average Bonchev–Trinajstić information content (AvgIpc) is 2.46. The summed E-state index contributed by atoms with van der Waals surface area (Å²) in [4.78, 5) is 12.3. The molecule has 1 aromatic carbocycles. The van der Waals surface area contributed by atoms with Crippen molar-refractivity contribution >= 4 is 11.4 Å². The van der Waals surface area contributed by atoms with Gasteiger partial charge in [-0.25, -0.2) is 0 Å². The summed E-state index contributed by atoms with van der Waals surface area (Å²) in [5, 5.41) is 19.8. The summed E-state index contributed by atoms with van der Waals surface area (Å²) in [5.74, 6) is 0. The maximum absolute atomic E-state index is 10.8. The highest BCUT2D eigenvalue weighted by atomic mass is 16.6. The lowest BCUT2D eigenvalue weighted by atomic mass is 10.1. The first-order valence-electron chi connectivity index (χ1n) is 6.33. The summed E-state index contributed by atoms with van der Waals surface area (Å²) >= 11 is 0. The minimum Gasteiger partial charge on any atom is -0.373 e. The van der Waals surface area contributed by atoms with Crippen LogP contribution in [0, 0.1) is 21.4 Å². The molecule has 2 rings (SSSR count). The van der Waals surface area contributed by atoms with E-state index in [1.54, 1.807) is 12.1 Å². The molecule has 7 heteroatoms. The Balaban J connectivity index is 2.25. The lowest BCUT2D eigenvalue weighted by Gasteiger charge is -2.36. The number of nitro groups is 1. The van der Waals surface area contributed by atoms with Crippen molar-refractivity contribution in [1.29, 1.82) is 5.26 Å². The zero-order valence-electron chi connectivity index (χ0n) is 11.2. The summed E-state index contributed by atoms with van der Waals surface area (Å²) in [6.45, 7) is 3.71. The molecule has 1 saturated heterocycles. The molecule has 0 amide bonds. The highest BCUT2D eigenvalue weighted by Gasteiger charge is 2.25. The van der Waals surface area contributed by atoms with Crippen molar-refractivity contribution in [1.82, 2.24) is 0 Å². The van der Waals surface area contributed by atoms with E-state index in [0.29, 0.717) is 19.7 Å². The lowest BCUT2D eigenvalue weighted by Crippen LogP contribution is -2.49. The molecule has 1 heterocycles. The Bertz CT molecular complexity index is 553. The Morgan fingerprint density at radius 3 is 3.00 bits per heavy atom. The highest BCUT2D eigenvalue weighted by molar-refractivity contribution is 5.60. The molecule has 0 aromatic heterocycles. The van der Waals surface area contributed by atoms with Crippen LogP contribution >= 0.6 is 0 Å². The molecule has 2 atom stereocenters. The number of anilines is 1. The second-order valence-electron chi connectivity index (χ2n) is 4.78. The van der Waals surface area contributed by atoms with Gasteiger partial charge in [-0.3, -0.25) is 10.1 Å². The SMILES string of the molecule is CC(N)C1CN(c2ccc([N+](=O)[O-])c(C#N)c2)CCO1. The zero-order chi connectivity index (χ0) is 14.7. The van der Waals surface area contributed by atoms with Gasteiger partial charge in [-0.05, 0) is 19.1 Å². The summed E-state index contributed by atoms with van der Waals surface area (Å²) in [6.07, 6.45) is -0.0792. The molecule has 1 fully saturated rings. The Hall–Kier alpha value is -2.17. The van der Waals surface area contributed by atoms with Gasteiger partial charge in [0.25, 0.3) is 5.69 Å². The maximum Gasteiger partial charge on any atom is 0.287 e. The predicted molar refractivity (Wildman–Crippen MR) is 73.4 cm³/mol. The summed E-state index contributed by atoms with van der Waals surface area (Å²) in [5.41, 5.74) is 6.51. The lowest BCUT2D eigenvalue weighted by molar-refractivity contribution is -0.385. The van der Waals surface area contributed by atoms with Crippen molar-refractivity contribution in [2.24, 2.45) is 5.73 Å². The van der Waals surface area contributed by atoms with E-state index < -0.39 is 4.92 Å². The molecular formula is C13H16N4O3. The van der Waals surface area contributed by atoms with Crippen LogP contribution in [0.1, 0.15) is 12.5 Å². The predicted octanol–water partition coefficient (Wildman–Crippen LogP) is 1.02. The van der Waals surface area contributed by atoms with E-state index in [1.165, 1.54) is 6.07 Å². The Labute approximate surface area is 116 Å². The van der Waals surface area contributed by atoms with Crippen LogP contribution in [0.3, 0.4) is 0 Å². The summed E-state index contributed by atoms with van der Waals surface area (Å²) < 4.78 is 5.57. The number of hydrogen-bond donors (Lipinski definition) is 1. The number of rotatable bonds is 3. The van der Waals surface area contributed by atoms with Crippen LogP contribution in [0.4, 0.5) is 11.4 Å². The van der Waals surface area contributed by atoms with Crippen LogP contribution in [0.2, 0.25) is 0 Å². The fourth-order valence-electron chi connectivity index (χ4n) is 2.20. The number of hydrogen-bond acceptors (Lipinski definition) is 6. The van der Waals surface area contributed by atoms with Gasteiger partial charge >= 0.3 is 0 Å². The van der Waals surface area contributed by atoms with Gasteiger partial charge in [0.05, 0.1) is 17.6 Å². The van der Waals surface area contributed by atoms with Gasteiger partial charge in [0.2, 0.25) is 0 Å². The monoisotopic (exact) mass is 276 g/mol. The third-order valence-corrected chi connectivity index (χ3v) is 3.34. The van der Waals surface area contributed by atoms with Crippen LogP contribution in [-0.4, -0.2) is 36.8 Å². The van der Waals surface area contributed by atoms with E-state index >= 15 is 0 Å². The zero-order valence-corrected chi connectivity index (χ0v) is 11.2. The molecule has 1 aliphatic rings.